The number of nitrogens with zero attached hydrogens (tertiary/aromatic N) is 2. The third-order valence-electron chi connectivity index (χ3n) is 2.66. The summed E-state index contributed by atoms with van der Waals surface area (Å²) in [4.78, 5) is 8.53. The predicted octanol–water partition coefficient (Wildman–Crippen LogP) is 4.11. The minimum atomic E-state index is -0.528. The van der Waals surface area contributed by atoms with Gasteiger partial charge in [0.15, 0.2) is 0 Å². The van der Waals surface area contributed by atoms with E-state index in [0.29, 0.717) is 23.3 Å². The molecule has 0 amide bonds. The van der Waals surface area contributed by atoms with Gasteiger partial charge in [-0.25, -0.2) is 9.37 Å². The first-order valence-electron chi connectivity index (χ1n) is 6.23. The number of aromatic nitrogens is 2. The Bertz CT molecular complexity index is 634. The van der Waals surface area contributed by atoms with Gasteiger partial charge < -0.3 is 10.1 Å². The van der Waals surface area contributed by atoms with Crippen LogP contribution in [0.15, 0.2) is 18.2 Å². The van der Waals surface area contributed by atoms with Crippen LogP contribution in [-0.4, -0.2) is 16.5 Å². The van der Waals surface area contributed by atoms with Gasteiger partial charge in [-0.15, -0.1) is 0 Å². The summed E-state index contributed by atoms with van der Waals surface area (Å²) in [6.45, 7) is 6.34. The molecule has 4 nitrogen and oxygen atoms in total. The topological polar surface area (TPSA) is 47.0 Å². The lowest BCUT2D eigenvalue weighted by Crippen LogP contribution is -2.06. The molecule has 0 unspecified atom stereocenters. The average molecular weight is 296 g/mol. The number of benzene rings is 1. The summed E-state index contributed by atoms with van der Waals surface area (Å²) >= 11 is 5.64. The van der Waals surface area contributed by atoms with E-state index in [1.54, 1.807) is 13.0 Å². The second-order valence-corrected chi connectivity index (χ2v) is 4.67. The van der Waals surface area contributed by atoms with Crippen molar-refractivity contribution >= 4 is 17.4 Å². The zero-order chi connectivity index (χ0) is 14.7. The van der Waals surface area contributed by atoms with Crippen LogP contribution in [0, 0.1) is 19.7 Å². The van der Waals surface area contributed by atoms with Crippen LogP contribution in [0.2, 0.25) is 5.02 Å². The van der Waals surface area contributed by atoms with E-state index in [0.717, 1.165) is 12.1 Å². The molecule has 106 valence electrons. The normalized spacial score (nSPS) is 10.4. The lowest BCUT2D eigenvalue weighted by atomic mass is 10.3. The van der Waals surface area contributed by atoms with Gasteiger partial charge in [-0.1, -0.05) is 11.6 Å². The monoisotopic (exact) mass is 295 g/mol. The Morgan fingerprint density at radius 1 is 1.30 bits per heavy atom. The highest BCUT2D eigenvalue weighted by molar-refractivity contribution is 6.30. The summed E-state index contributed by atoms with van der Waals surface area (Å²) in [5, 5.41) is 3.19. The highest BCUT2D eigenvalue weighted by Gasteiger charge is 2.11. The molecule has 20 heavy (non-hydrogen) atoms. The molecule has 0 saturated carbocycles. The Morgan fingerprint density at radius 2 is 2.05 bits per heavy atom. The van der Waals surface area contributed by atoms with Crippen molar-refractivity contribution in [2.45, 2.75) is 20.8 Å². The van der Waals surface area contributed by atoms with E-state index in [4.69, 9.17) is 16.3 Å². The first kappa shape index (κ1) is 14.5. The minimum Gasteiger partial charge on any atom is -0.438 e. The first-order valence-corrected chi connectivity index (χ1v) is 6.61. The number of hydrogen-bond acceptors (Lipinski definition) is 4. The van der Waals surface area contributed by atoms with Crippen molar-refractivity contribution in [3.63, 3.8) is 0 Å². The summed E-state index contributed by atoms with van der Waals surface area (Å²) in [5.74, 6) is 1.51. The van der Waals surface area contributed by atoms with Gasteiger partial charge >= 0.3 is 0 Å². The predicted molar refractivity (Wildman–Crippen MR) is 77.2 cm³/mol. The molecule has 0 saturated heterocycles. The molecule has 0 spiro atoms. The van der Waals surface area contributed by atoms with Gasteiger partial charge in [0.05, 0.1) is 10.6 Å². The van der Waals surface area contributed by atoms with E-state index in [-0.39, 0.29) is 5.02 Å². The fraction of sp³-hybridized carbons (Fsp3) is 0.286. The third kappa shape index (κ3) is 3.17. The molecule has 0 aliphatic heterocycles. The Morgan fingerprint density at radius 3 is 2.70 bits per heavy atom. The molecule has 0 bridgehead atoms. The van der Waals surface area contributed by atoms with E-state index in [1.165, 1.54) is 12.1 Å². The molecule has 2 rings (SSSR count). The molecule has 0 radical (unpaired) electrons. The van der Waals surface area contributed by atoms with Gasteiger partial charge in [-0.05, 0) is 32.9 Å². The molecular weight excluding hydrogens is 281 g/mol. The van der Waals surface area contributed by atoms with Gasteiger partial charge in [-0.3, -0.25) is 0 Å². The maximum Gasteiger partial charge on any atom is 0.227 e. The number of nitrogens with one attached hydrogen (secondary N) is 1. The molecule has 1 N–H and O–H groups in total. The van der Waals surface area contributed by atoms with Crippen molar-refractivity contribution in [3.8, 4) is 11.6 Å². The van der Waals surface area contributed by atoms with Crippen LogP contribution >= 0.6 is 11.6 Å². The van der Waals surface area contributed by atoms with Crippen LogP contribution in [0.3, 0.4) is 0 Å². The van der Waals surface area contributed by atoms with Crippen LogP contribution in [0.5, 0.6) is 11.6 Å². The number of halogens is 2. The molecular formula is C14H15ClFN3O. The smallest absolute Gasteiger partial charge is 0.227 e. The fourth-order valence-electron chi connectivity index (χ4n) is 1.69. The van der Waals surface area contributed by atoms with E-state index in [9.17, 15) is 4.39 Å². The Hall–Kier alpha value is -1.88. The van der Waals surface area contributed by atoms with E-state index < -0.39 is 5.82 Å². The number of ether oxygens (including phenoxy) is 1. The molecule has 1 heterocycles. The summed E-state index contributed by atoms with van der Waals surface area (Å²) in [6.07, 6.45) is 0. The van der Waals surface area contributed by atoms with Crippen molar-refractivity contribution in [1.29, 1.82) is 0 Å². The van der Waals surface area contributed by atoms with Gasteiger partial charge in [0.25, 0.3) is 0 Å². The largest absolute Gasteiger partial charge is 0.438 e. The maximum atomic E-state index is 13.4. The van der Waals surface area contributed by atoms with Crippen LogP contribution < -0.4 is 10.1 Å². The van der Waals surface area contributed by atoms with E-state index >= 15 is 0 Å². The van der Waals surface area contributed by atoms with Crippen LogP contribution in [-0.2, 0) is 0 Å². The summed E-state index contributed by atoms with van der Waals surface area (Å²) in [5.41, 5.74) is 0.771. The molecule has 1 aromatic heterocycles. The van der Waals surface area contributed by atoms with Gasteiger partial charge in [0.1, 0.15) is 23.2 Å². The molecule has 0 atom stereocenters. The van der Waals surface area contributed by atoms with Crippen LogP contribution in [0.1, 0.15) is 18.3 Å². The van der Waals surface area contributed by atoms with E-state index in [1.807, 2.05) is 13.8 Å². The summed E-state index contributed by atoms with van der Waals surface area (Å²) in [7, 11) is 0. The molecule has 6 heteroatoms. The van der Waals surface area contributed by atoms with Crippen molar-refractivity contribution in [1.82, 2.24) is 9.97 Å². The van der Waals surface area contributed by atoms with Crippen molar-refractivity contribution < 1.29 is 9.13 Å². The second kappa shape index (κ2) is 6.05. The lowest BCUT2D eigenvalue weighted by molar-refractivity contribution is 0.451. The van der Waals surface area contributed by atoms with Crippen LogP contribution in [0.25, 0.3) is 0 Å². The second-order valence-electron chi connectivity index (χ2n) is 4.26. The van der Waals surface area contributed by atoms with Gasteiger partial charge in [-0.2, -0.15) is 4.98 Å². The quantitative estimate of drug-likeness (QED) is 0.922. The first-order chi connectivity index (χ1) is 9.51. The molecule has 0 aliphatic rings. The Kier molecular flexibility index (Phi) is 4.39. The van der Waals surface area contributed by atoms with Gasteiger partial charge in [0.2, 0.25) is 5.88 Å². The Balaban J connectivity index is 2.35. The number of anilines is 1. The third-order valence-corrected chi connectivity index (χ3v) is 2.97. The van der Waals surface area contributed by atoms with Crippen LogP contribution in [0.4, 0.5) is 10.2 Å². The SMILES string of the molecule is CCNc1nc(C)nc(Oc2ccc(Cl)c(F)c2)c1C. The van der Waals surface area contributed by atoms with Crippen molar-refractivity contribution in [2.75, 3.05) is 11.9 Å². The average Bonchev–Trinajstić information content (AvgIpc) is 2.39. The number of rotatable bonds is 4. The highest BCUT2D eigenvalue weighted by Crippen LogP contribution is 2.28. The van der Waals surface area contributed by atoms with Crippen molar-refractivity contribution in [2.24, 2.45) is 0 Å². The van der Waals surface area contributed by atoms with E-state index in [2.05, 4.69) is 15.3 Å². The molecule has 2 aromatic rings. The summed E-state index contributed by atoms with van der Waals surface area (Å²) in [6, 6.07) is 4.27. The Labute approximate surface area is 122 Å². The lowest BCUT2D eigenvalue weighted by Gasteiger charge is -2.12. The zero-order valence-corrected chi connectivity index (χ0v) is 12.3. The molecule has 0 fully saturated rings. The molecule has 0 aliphatic carbocycles. The number of hydrogen-bond donors (Lipinski definition) is 1. The summed E-state index contributed by atoms with van der Waals surface area (Å²) < 4.78 is 19.0. The van der Waals surface area contributed by atoms with Gasteiger partial charge in [0, 0.05) is 12.6 Å². The minimum absolute atomic E-state index is 0.0567. The maximum absolute atomic E-state index is 13.4. The highest BCUT2D eigenvalue weighted by atomic mass is 35.5. The zero-order valence-electron chi connectivity index (χ0n) is 11.5. The fourth-order valence-corrected chi connectivity index (χ4v) is 1.81. The standard InChI is InChI=1S/C14H15ClFN3O/c1-4-17-13-8(2)14(19-9(3)18-13)20-10-5-6-11(15)12(16)7-10/h5-7H,4H2,1-3H3,(H,17,18,19). The van der Waals surface area contributed by atoms with Crippen molar-refractivity contribution in [3.05, 3.63) is 40.4 Å². The number of aryl methyl sites for hydroxylation is 1. The molecule has 1 aromatic carbocycles.